The Morgan fingerprint density at radius 2 is 1.69 bits per heavy atom. The topological polar surface area (TPSA) is 49.4 Å². The number of sulfonamides is 1. The zero-order valence-corrected chi connectivity index (χ0v) is 14.4. The molecule has 0 aliphatic carbocycles. The summed E-state index contributed by atoms with van der Waals surface area (Å²) in [5.41, 5.74) is -0.765. The molecule has 1 heterocycles. The van der Waals surface area contributed by atoms with Crippen molar-refractivity contribution in [1.29, 1.82) is 0 Å². The van der Waals surface area contributed by atoms with Crippen molar-refractivity contribution in [3.63, 3.8) is 0 Å². The minimum atomic E-state index is -4.61. The molecule has 0 saturated carbocycles. The molecule has 0 unspecified atom stereocenters. The van der Waals surface area contributed by atoms with Crippen LogP contribution in [0.5, 0.6) is 0 Å². The van der Waals surface area contributed by atoms with E-state index >= 15 is 0 Å². The molecule has 4 nitrogen and oxygen atoms in total. The highest BCUT2D eigenvalue weighted by Crippen LogP contribution is 2.37. The monoisotopic (exact) mass is 388 g/mol. The average Bonchev–Trinajstić information content (AvgIpc) is 3.08. The van der Waals surface area contributed by atoms with Gasteiger partial charge in [-0.2, -0.15) is 13.2 Å². The van der Waals surface area contributed by atoms with Gasteiger partial charge in [0.2, 0.25) is 0 Å². The van der Waals surface area contributed by atoms with Crippen LogP contribution in [-0.4, -0.2) is 21.5 Å². The van der Waals surface area contributed by atoms with Crippen molar-refractivity contribution in [3.8, 4) is 0 Å². The number of halogens is 4. The summed E-state index contributed by atoms with van der Waals surface area (Å²) >= 11 is 0. The molecule has 1 saturated heterocycles. The summed E-state index contributed by atoms with van der Waals surface area (Å²) in [5.74, 6) is -0.753. The first-order chi connectivity index (χ1) is 12.2. The van der Waals surface area contributed by atoms with Gasteiger partial charge in [-0.15, -0.1) is 0 Å². The smallest absolute Gasteiger partial charge is 0.370 e. The summed E-state index contributed by atoms with van der Waals surface area (Å²) in [6, 6.07) is 7.24. The second-order valence-electron chi connectivity index (χ2n) is 5.99. The molecule has 0 bridgehead atoms. The molecule has 3 rings (SSSR count). The SMILES string of the molecule is O=S(=O)(Nc1cc(C(F)(F)F)ccc1N1CCCC1)c1cccc(F)c1. The summed E-state index contributed by atoms with van der Waals surface area (Å²) in [6.07, 6.45) is -2.86. The van der Waals surface area contributed by atoms with Crippen LogP contribution in [0.15, 0.2) is 47.4 Å². The van der Waals surface area contributed by atoms with E-state index in [1.165, 1.54) is 18.2 Å². The van der Waals surface area contributed by atoms with Gasteiger partial charge < -0.3 is 4.90 Å². The molecule has 1 aliphatic heterocycles. The summed E-state index contributed by atoms with van der Waals surface area (Å²) in [4.78, 5) is 1.46. The Labute approximate surface area is 148 Å². The lowest BCUT2D eigenvalue weighted by Gasteiger charge is -2.23. The highest BCUT2D eigenvalue weighted by atomic mass is 32.2. The van der Waals surface area contributed by atoms with Gasteiger partial charge in [-0.3, -0.25) is 4.72 Å². The Balaban J connectivity index is 2.03. The number of hydrogen-bond acceptors (Lipinski definition) is 3. The van der Waals surface area contributed by atoms with Crippen molar-refractivity contribution in [2.45, 2.75) is 23.9 Å². The number of alkyl halides is 3. The second kappa shape index (κ2) is 6.79. The van der Waals surface area contributed by atoms with Crippen LogP contribution in [0.4, 0.5) is 28.9 Å². The minimum absolute atomic E-state index is 0.175. The molecule has 9 heteroatoms. The Bertz CT molecular complexity index is 907. The highest BCUT2D eigenvalue weighted by molar-refractivity contribution is 7.92. The Hall–Kier alpha value is -2.29. The van der Waals surface area contributed by atoms with E-state index < -0.39 is 27.6 Å². The quantitative estimate of drug-likeness (QED) is 0.797. The molecule has 0 spiro atoms. The van der Waals surface area contributed by atoms with Crippen molar-refractivity contribution in [3.05, 3.63) is 53.8 Å². The van der Waals surface area contributed by atoms with E-state index in [4.69, 9.17) is 0 Å². The van der Waals surface area contributed by atoms with Crippen molar-refractivity contribution in [1.82, 2.24) is 0 Å². The number of hydrogen-bond donors (Lipinski definition) is 1. The molecule has 0 atom stereocenters. The fourth-order valence-corrected chi connectivity index (χ4v) is 3.96. The van der Waals surface area contributed by atoms with Crippen LogP contribution >= 0.6 is 0 Å². The van der Waals surface area contributed by atoms with Gasteiger partial charge in [-0.05, 0) is 49.2 Å². The Morgan fingerprint density at radius 3 is 2.31 bits per heavy atom. The largest absolute Gasteiger partial charge is 0.416 e. The molecule has 26 heavy (non-hydrogen) atoms. The van der Waals surface area contributed by atoms with E-state index in [2.05, 4.69) is 4.72 Å². The van der Waals surface area contributed by atoms with E-state index in [0.29, 0.717) is 18.8 Å². The molecule has 1 aliphatic rings. The van der Waals surface area contributed by atoms with Crippen LogP contribution in [0, 0.1) is 5.82 Å². The molecular formula is C17H16F4N2O2S. The first kappa shape index (κ1) is 18.5. The second-order valence-corrected chi connectivity index (χ2v) is 7.67. The number of nitrogens with one attached hydrogen (secondary N) is 1. The lowest BCUT2D eigenvalue weighted by molar-refractivity contribution is -0.137. The summed E-state index contributed by atoms with van der Waals surface area (Å²) < 4.78 is 79.7. The lowest BCUT2D eigenvalue weighted by atomic mass is 10.1. The molecule has 0 radical (unpaired) electrons. The molecule has 0 amide bonds. The van der Waals surface area contributed by atoms with Crippen molar-refractivity contribution >= 4 is 21.4 Å². The molecule has 140 valence electrons. The van der Waals surface area contributed by atoms with E-state index in [-0.39, 0.29) is 10.6 Å². The van der Waals surface area contributed by atoms with Crippen LogP contribution in [0.25, 0.3) is 0 Å². The first-order valence-electron chi connectivity index (χ1n) is 7.91. The molecule has 2 aromatic carbocycles. The highest BCUT2D eigenvalue weighted by Gasteiger charge is 2.32. The maximum absolute atomic E-state index is 13.3. The van der Waals surface area contributed by atoms with Gasteiger partial charge >= 0.3 is 6.18 Å². The van der Waals surface area contributed by atoms with Crippen LogP contribution in [0.3, 0.4) is 0 Å². The number of anilines is 2. The van der Waals surface area contributed by atoms with Gasteiger partial charge in [0.25, 0.3) is 10.0 Å². The van der Waals surface area contributed by atoms with Gasteiger partial charge in [0.15, 0.2) is 0 Å². The third kappa shape index (κ3) is 3.92. The van der Waals surface area contributed by atoms with Crippen molar-refractivity contribution < 1.29 is 26.0 Å². The summed E-state index contributed by atoms with van der Waals surface area (Å²) in [7, 11) is -4.23. The summed E-state index contributed by atoms with van der Waals surface area (Å²) in [5, 5.41) is 0. The predicted molar refractivity (Wildman–Crippen MR) is 90.1 cm³/mol. The van der Waals surface area contributed by atoms with Gasteiger partial charge in [-0.1, -0.05) is 6.07 Å². The van der Waals surface area contributed by atoms with E-state index in [1.54, 1.807) is 0 Å². The Morgan fingerprint density at radius 1 is 1.00 bits per heavy atom. The standard InChI is InChI=1S/C17H16F4N2O2S/c18-13-4-3-5-14(11-13)26(24,25)22-15-10-12(17(19,20)21)6-7-16(15)23-8-1-2-9-23/h3-7,10-11,22H,1-2,8-9H2. The molecule has 1 N–H and O–H groups in total. The van der Waals surface area contributed by atoms with Gasteiger partial charge in [0, 0.05) is 13.1 Å². The molecular weight excluding hydrogens is 372 g/mol. The zero-order chi connectivity index (χ0) is 18.9. The molecule has 0 aromatic heterocycles. The first-order valence-corrected chi connectivity index (χ1v) is 9.40. The third-order valence-electron chi connectivity index (χ3n) is 4.12. The molecule has 2 aromatic rings. The van der Waals surface area contributed by atoms with E-state index in [1.807, 2.05) is 4.90 Å². The van der Waals surface area contributed by atoms with Crippen molar-refractivity contribution in [2.24, 2.45) is 0 Å². The maximum Gasteiger partial charge on any atom is 0.416 e. The van der Waals surface area contributed by atoms with Gasteiger partial charge in [0.1, 0.15) is 5.82 Å². The average molecular weight is 388 g/mol. The predicted octanol–water partition coefficient (Wildman–Crippen LogP) is 4.25. The van der Waals surface area contributed by atoms with Gasteiger partial charge in [0.05, 0.1) is 21.8 Å². The maximum atomic E-state index is 13.3. The van der Waals surface area contributed by atoms with Crippen LogP contribution in [0.2, 0.25) is 0 Å². The van der Waals surface area contributed by atoms with Crippen LogP contribution in [0.1, 0.15) is 18.4 Å². The minimum Gasteiger partial charge on any atom is -0.370 e. The number of benzene rings is 2. The Kier molecular flexibility index (Phi) is 4.83. The fraction of sp³-hybridized carbons (Fsp3) is 0.294. The fourth-order valence-electron chi connectivity index (χ4n) is 2.87. The van der Waals surface area contributed by atoms with E-state index in [0.717, 1.165) is 37.1 Å². The van der Waals surface area contributed by atoms with Crippen LogP contribution in [-0.2, 0) is 16.2 Å². The normalized spacial score (nSPS) is 15.3. The number of rotatable bonds is 4. The number of nitrogens with zero attached hydrogens (tertiary/aromatic N) is 1. The third-order valence-corrected chi connectivity index (χ3v) is 5.48. The van der Waals surface area contributed by atoms with Gasteiger partial charge in [-0.25, -0.2) is 12.8 Å². The van der Waals surface area contributed by atoms with Crippen molar-refractivity contribution in [2.75, 3.05) is 22.7 Å². The van der Waals surface area contributed by atoms with E-state index in [9.17, 15) is 26.0 Å². The zero-order valence-electron chi connectivity index (χ0n) is 13.6. The lowest BCUT2D eigenvalue weighted by Crippen LogP contribution is -2.22. The summed E-state index contributed by atoms with van der Waals surface area (Å²) in [6.45, 7) is 1.25. The molecule has 1 fully saturated rings. The van der Waals surface area contributed by atoms with Crippen LogP contribution < -0.4 is 9.62 Å².